The number of rotatable bonds is 13. The molecule has 0 unspecified atom stereocenters. The van der Waals surface area contributed by atoms with Crippen LogP contribution in [0.15, 0.2) is 229 Å². The number of H-pyrrole nitrogens is 1. The number of thiazole rings is 4. The average Bonchev–Trinajstić information content (AvgIpc) is 1.72. The van der Waals surface area contributed by atoms with Gasteiger partial charge < -0.3 is 28.0 Å². The highest BCUT2D eigenvalue weighted by molar-refractivity contribution is 7.19. The molecule has 7 heterocycles. The van der Waals surface area contributed by atoms with Crippen molar-refractivity contribution in [3.8, 4) is 94.7 Å². The SMILES string of the molecule is C=CC(=O)OCc1ccc(C#Cc2ccc(C#Cc3nc(COC(=O)C=C)c(COC(=O)C=C)s3)c(CC)c2)cc1.CCc1cc(C#Cc2nc3ccccc3s2)ccc1C#Cc1nc2ccccc2s1.CCc1cc(C#Cc2nccs2)ccc1C#Cc1ncc[nH]1.CCc1cc(C#Cc2nnco2)ccc1C#Cc1nnco1. The molecule has 0 aliphatic rings. The maximum atomic E-state index is 11.5. The molecule has 0 radical (unpaired) electrons. The van der Waals surface area contributed by atoms with E-state index in [-0.39, 0.29) is 19.8 Å². The van der Waals surface area contributed by atoms with Gasteiger partial charge in [0.2, 0.25) is 12.8 Å². The van der Waals surface area contributed by atoms with E-state index in [1.807, 2.05) is 128 Å². The first-order valence-electron chi connectivity index (χ1n) is 35.6. The van der Waals surface area contributed by atoms with Crippen LogP contribution in [0.5, 0.6) is 0 Å². The van der Waals surface area contributed by atoms with Crippen LogP contribution in [0.1, 0.15) is 154 Å². The van der Waals surface area contributed by atoms with Crippen LogP contribution < -0.4 is 0 Å². The Bertz CT molecular complexity index is 6120. The molecule has 0 spiro atoms. The molecule has 0 bridgehead atoms. The number of benzene rings is 7. The lowest BCUT2D eigenvalue weighted by molar-refractivity contribution is -0.140. The first-order chi connectivity index (χ1) is 56.3. The second kappa shape index (κ2) is 42.4. The molecule has 115 heavy (non-hydrogen) atoms. The Morgan fingerprint density at radius 1 is 0.426 bits per heavy atom. The topological polar surface area (TPSA) is 237 Å². The summed E-state index contributed by atoms with van der Waals surface area (Å²) < 4.78 is 27.6. The molecule has 0 saturated heterocycles. The number of nitrogens with one attached hydrogen (secondary N) is 1. The van der Waals surface area contributed by atoms with Gasteiger partial charge >= 0.3 is 17.9 Å². The van der Waals surface area contributed by atoms with E-state index in [0.717, 1.165) is 146 Å². The minimum atomic E-state index is -0.584. The van der Waals surface area contributed by atoms with Crippen LogP contribution >= 0.6 is 45.3 Å². The van der Waals surface area contributed by atoms with Gasteiger partial charge in [-0.25, -0.2) is 39.3 Å². The number of imidazole rings is 1. The van der Waals surface area contributed by atoms with Crippen molar-refractivity contribution in [2.24, 2.45) is 0 Å². The Morgan fingerprint density at radius 2 is 0.843 bits per heavy atom. The third-order valence-corrected chi connectivity index (χ3v) is 19.6. The molecule has 18 nitrogen and oxygen atoms in total. The number of hydrogen-bond acceptors (Lipinski definition) is 21. The number of carbonyl (C=O) groups excluding carboxylic acids is 3. The molecule has 1 N–H and O–H groups in total. The smallest absolute Gasteiger partial charge is 0.330 e. The summed E-state index contributed by atoms with van der Waals surface area (Å²) in [7, 11) is 0. The normalized spacial score (nSPS) is 9.81. The number of carbonyl (C=O) groups is 3. The number of aromatic nitrogens is 10. The van der Waals surface area contributed by atoms with Crippen molar-refractivity contribution < 1.29 is 37.4 Å². The van der Waals surface area contributed by atoms with Crippen LogP contribution in [-0.2, 0) is 74.1 Å². The van der Waals surface area contributed by atoms with Crippen molar-refractivity contribution in [3.63, 3.8) is 0 Å². The minimum absolute atomic E-state index is 0.0375. The van der Waals surface area contributed by atoms with Crippen LogP contribution in [-0.4, -0.2) is 68.2 Å². The van der Waals surface area contributed by atoms with Gasteiger partial charge in [-0.2, -0.15) is 0 Å². The zero-order valence-corrected chi connectivity index (χ0v) is 65.8. The van der Waals surface area contributed by atoms with E-state index in [0.29, 0.717) is 33.2 Å². The lowest BCUT2D eigenvalue weighted by Crippen LogP contribution is -2.05. The number of aryl methyl sites for hydroxylation is 4. The van der Waals surface area contributed by atoms with E-state index < -0.39 is 17.9 Å². The Morgan fingerprint density at radius 3 is 1.30 bits per heavy atom. The fourth-order valence-corrected chi connectivity index (χ4v) is 13.2. The van der Waals surface area contributed by atoms with Crippen molar-refractivity contribution in [3.05, 3.63) is 346 Å². The van der Waals surface area contributed by atoms with Crippen molar-refractivity contribution in [1.29, 1.82) is 0 Å². The number of esters is 3. The van der Waals surface area contributed by atoms with E-state index in [2.05, 4.69) is 216 Å². The maximum Gasteiger partial charge on any atom is 0.330 e. The highest BCUT2D eigenvalue weighted by atomic mass is 32.1. The van der Waals surface area contributed by atoms with Crippen LogP contribution in [0.2, 0.25) is 0 Å². The molecule has 7 aromatic heterocycles. The first-order valence-corrected chi connectivity index (χ1v) is 38.9. The molecular weight excluding hydrogens is 1510 g/mol. The summed E-state index contributed by atoms with van der Waals surface area (Å²) in [6.45, 7) is 18.5. The Hall–Kier alpha value is -14.8. The standard InChI is InChI=1S/C33H27NO6S.C26H16N2S2.C18H13N3S.C16H10N4O2/c1-5-26-19-24(12-9-23-10-13-25(14-11-23)20-38-31(35)6-2)15-16-27(26)17-18-30-34-28(21-39-32(36)7-3)29(41-30)22-40-33(37)8-4;1-2-19-17-18(12-15-25-27-21-7-3-5-9-23(21)29-25)11-13-20(19)14-16-26-28-22-8-4-6-10-24(22)30-26;1-2-15-13-14(4-8-18-21-11-12-22-18)3-5-16(15)6-7-17-19-9-10-20-17;1-2-13-9-12(4-7-15-19-17-10-21-15)3-5-14(13)6-8-16-20-18-11-22-16/h6-8,10-11,13-16,19H,2-5,20-22H2,1H3;3-11,13,17H,2H2,1H3;3,5,9-13H,2H2,1H3,(H,19,20);3,5,9-11H,2H2,1H3. The van der Waals surface area contributed by atoms with Gasteiger partial charge in [0.15, 0.2) is 25.9 Å². The predicted molar refractivity (Wildman–Crippen MR) is 448 cm³/mol. The number of ether oxygens (including phenoxy) is 3. The summed E-state index contributed by atoms with van der Waals surface area (Å²) >= 11 is 6.05. The number of fused-ring (bicyclic) bond motifs is 2. The second-order valence-corrected chi connectivity index (χ2v) is 27.7. The van der Waals surface area contributed by atoms with Gasteiger partial charge in [0, 0.05) is 92.3 Å². The van der Waals surface area contributed by atoms with Crippen molar-refractivity contribution in [2.45, 2.75) is 73.2 Å². The van der Waals surface area contributed by atoms with Gasteiger partial charge in [0.05, 0.1) is 31.0 Å². The maximum absolute atomic E-state index is 11.5. The summed E-state index contributed by atoms with van der Waals surface area (Å²) in [5, 5.41) is 19.5. The largest absolute Gasteiger partial charge is 0.458 e. The lowest BCUT2D eigenvalue weighted by atomic mass is 10.0. The number of aromatic amines is 1. The molecule has 0 fully saturated rings. The monoisotopic (exact) mass is 1580 g/mol. The number of nitrogens with zero attached hydrogens (tertiary/aromatic N) is 9. The average molecular weight is 1580 g/mol. The highest BCUT2D eigenvalue weighted by Crippen LogP contribution is 2.25. The Kier molecular flexibility index (Phi) is 29.9. The summed E-state index contributed by atoms with van der Waals surface area (Å²) in [6, 6.07) is 47.6. The van der Waals surface area contributed by atoms with Gasteiger partial charge in [0.25, 0.3) is 11.8 Å². The number of hydrogen-bond donors (Lipinski definition) is 1. The van der Waals surface area contributed by atoms with Crippen molar-refractivity contribution in [2.75, 3.05) is 0 Å². The fourth-order valence-electron chi connectivity index (χ4n) is 10.2. The highest BCUT2D eigenvalue weighted by Gasteiger charge is 2.15. The van der Waals surface area contributed by atoms with Crippen LogP contribution in [0, 0.1) is 94.7 Å². The van der Waals surface area contributed by atoms with Crippen LogP contribution in [0.25, 0.3) is 20.4 Å². The summed E-state index contributed by atoms with van der Waals surface area (Å²) in [6.07, 6.45) is 14.4. The van der Waals surface area contributed by atoms with Crippen molar-refractivity contribution in [1.82, 2.24) is 50.3 Å². The number of para-hydroxylation sites is 2. The zero-order valence-electron chi connectivity index (χ0n) is 62.5. The molecule has 0 aliphatic carbocycles. The van der Waals surface area contributed by atoms with E-state index in [4.69, 9.17) is 23.0 Å². The van der Waals surface area contributed by atoms with Gasteiger partial charge in [0.1, 0.15) is 19.8 Å². The summed E-state index contributed by atoms with van der Waals surface area (Å²) in [4.78, 5) is 59.7. The predicted octanol–water partition coefficient (Wildman–Crippen LogP) is 16.5. The van der Waals surface area contributed by atoms with Gasteiger partial charge in [-0.05, 0) is 204 Å². The van der Waals surface area contributed by atoms with E-state index in [9.17, 15) is 14.4 Å². The summed E-state index contributed by atoms with van der Waals surface area (Å²) in [5.74, 6) is 49.2. The second-order valence-electron chi connectivity index (χ2n) is 23.7. The molecule has 0 amide bonds. The zero-order chi connectivity index (χ0) is 80.4. The summed E-state index contributed by atoms with van der Waals surface area (Å²) in [5.41, 5.74) is 16.1. The molecular formula is C93H66N10O8S4. The Balaban J connectivity index is 0.000000156. The molecule has 7 aromatic carbocycles. The van der Waals surface area contributed by atoms with Crippen LogP contribution in [0.3, 0.4) is 0 Å². The van der Waals surface area contributed by atoms with E-state index in [1.54, 1.807) is 52.6 Å². The van der Waals surface area contributed by atoms with Gasteiger partial charge in [-0.15, -0.1) is 55.5 Å². The van der Waals surface area contributed by atoms with Gasteiger partial charge in [-0.1, -0.05) is 147 Å². The third-order valence-electron chi connectivity index (χ3n) is 16.0. The molecule has 560 valence electrons. The van der Waals surface area contributed by atoms with Crippen molar-refractivity contribution >= 4 is 83.7 Å². The Labute approximate surface area is 681 Å². The fraction of sp³-hybridized carbons (Fsp3) is 0.118. The molecule has 14 rings (SSSR count). The molecule has 0 atom stereocenters. The molecule has 14 aromatic rings. The van der Waals surface area contributed by atoms with E-state index in [1.165, 1.54) is 35.3 Å². The molecule has 22 heteroatoms. The quantitative estimate of drug-likeness (QED) is 0.0489. The van der Waals surface area contributed by atoms with Crippen LogP contribution in [0.4, 0.5) is 0 Å². The molecule has 0 aliphatic heterocycles. The van der Waals surface area contributed by atoms with E-state index >= 15 is 0 Å². The third kappa shape index (κ3) is 24.8. The first kappa shape index (κ1) is 81.2. The minimum Gasteiger partial charge on any atom is -0.458 e. The molecule has 0 saturated carbocycles. The van der Waals surface area contributed by atoms with Gasteiger partial charge in [-0.3, -0.25) is 0 Å². The lowest BCUT2D eigenvalue weighted by Gasteiger charge is -2.03.